The molecule has 1 saturated heterocycles. The van der Waals surface area contributed by atoms with E-state index in [1.165, 1.54) is 0 Å². The van der Waals surface area contributed by atoms with Gasteiger partial charge in [-0.05, 0) is 18.2 Å². The molecule has 1 aliphatic rings. The van der Waals surface area contributed by atoms with Crippen molar-refractivity contribution in [1.82, 2.24) is 4.90 Å². The standard InChI is InChI=1S/C13H12Cl2N2O2/c14-11-2-1-9(5-12(11)15)13(18)8-17-3-4-19-10(6-16)7-17/h1-2,5,10H,3-4,7-8H2. The summed E-state index contributed by atoms with van der Waals surface area (Å²) in [5.74, 6) is -0.0443. The largest absolute Gasteiger partial charge is 0.361 e. The number of carbonyl (C=O) groups excluding carboxylic acids is 1. The monoisotopic (exact) mass is 298 g/mol. The minimum Gasteiger partial charge on any atom is -0.361 e. The van der Waals surface area contributed by atoms with Crippen molar-refractivity contribution in [3.05, 3.63) is 33.8 Å². The van der Waals surface area contributed by atoms with Crippen LogP contribution in [-0.4, -0.2) is 43.0 Å². The Kier molecular flexibility index (Phi) is 4.78. The average Bonchev–Trinajstić information content (AvgIpc) is 2.42. The lowest BCUT2D eigenvalue weighted by atomic mass is 10.1. The second kappa shape index (κ2) is 6.36. The van der Waals surface area contributed by atoms with E-state index in [0.717, 1.165) is 0 Å². The quantitative estimate of drug-likeness (QED) is 0.804. The van der Waals surface area contributed by atoms with Gasteiger partial charge in [0.1, 0.15) is 0 Å². The van der Waals surface area contributed by atoms with E-state index in [4.69, 9.17) is 33.2 Å². The fraction of sp³-hybridized carbons (Fsp3) is 0.385. The first-order valence-electron chi connectivity index (χ1n) is 5.82. The molecule has 1 unspecified atom stereocenters. The van der Waals surface area contributed by atoms with Crippen LogP contribution < -0.4 is 0 Å². The third-order valence-corrected chi connectivity index (χ3v) is 3.64. The molecule has 1 heterocycles. The number of Topliss-reactive ketones (excluding diaryl/α,β-unsaturated/α-hetero) is 1. The van der Waals surface area contributed by atoms with Crippen molar-refractivity contribution >= 4 is 29.0 Å². The molecule has 1 aliphatic heterocycles. The molecule has 0 radical (unpaired) electrons. The minimum atomic E-state index is -0.463. The molecule has 0 saturated carbocycles. The zero-order valence-electron chi connectivity index (χ0n) is 10.1. The van der Waals surface area contributed by atoms with Crippen LogP contribution in [0.3, 0.4) is 0 Å². The lowest BCUT2D eigenvalue weighted by Crippen LogP contribution is -2.44. The highest BCUT2D eigenvalue weighted by Gasteiger charge is 2.22. The molecule has 100 valence electrons. The van der Waals surface area contributed by atoms with Crippen molar-refractivity contribution in [3.63, 3.8) is 0 Å². The number of morpholine rings is 1. The number of carbonyl (C=O) groups is 1. The van der Waals surface area contributed by atoms with Crippen LogP contribution in [0, 0.1) is 11.3 Å². The molecule has 0 N–H and O–H groups in total. The average molecular weight is 299 g/mol. The summed E-state index contributed by atoms with van der Waals surface area (Å²) in [7, 11) is 0. The summed E-state index contributed by atoms with van der Waals surface area (Å²) in [4.78, 5) is 14.0. The Morgan fingerprint density at radius 2 is 2.26 bits per heavy atom. The molecule has 6 heteroatoms. The van der Waals surface area contributed by atoms with Gasteiger partial charge in [-0.25, -0.2) is 0 Å². The van der Waals surface area contributed by atoms with E-state index >= 15 is 0 Å². The topological polar surface area (TPSA) is 53.3 Å². The molecule has 19 heavy (non-hydrogen) atoms. The molecule has 2 rings (SSSR count). The Balaban J connectivity index is 2.00. The second-order valence-corrected chi connectivity index (χ2v) is 5.09. The molecule has 0 aliphatic carbocycles. The number of ether oxygens (including phenoxy) is 1. The smallest absolute Gasteiger partial charge is 0.176 e. The van der Waals surface area contributed by atoms with Crippen LogP contribution in [0.5, 0.6) is 0 Å². The Hall–Kier alpha value is -1.12. The maximum atomic E-state index is 12.1. The van der Waals surface area contributed by atoms with Crippen LogP contribution >= 0.6 is 23.2 Å². The highest BCUT2D eigenvalue weighted by atomic mass is 35.5. The number of nitriles is 1. The van der Waals surface area contributed by atoms with E-state index in [9.17, 15) is 4.79 Å². The Bertz CT molecular complexity index is 528. The number of benzene rings is 1. The zero-order chi connectivity index (χ0) is 13.8. The third kappa shape index (κ3) is 3.68. The van der Waals surface area contributed by atoms with Gasteiger partial charge in [-0.3, -0.25) is 9.69 Å². The van der Waals surface area contributed by atoms with E-state index < -0.39 is 6.10 Å². The molecule has 1 fully saturated rings. The van der Waals surface area contributed by atoms with Crippen molar-refractivity contribution in [2.75, 3.05) is 26.2 Å². The summed E-state index contributed by atoms with van der Waals surface area (Å²) in [6.07, 6.45) is -0.463. The van der Waals surface area contributed by atoms with Crippen molar-refractivity contribution in [3.8, 4) is 6.07 Å². The van der Waals surface area contributed by atoms with Gasteiger partial charge in [0.25, 0.3) is 0 Å². The van der Waals surface area contributed by atoms with Gasteiger partial charge in [-0.1, -0.05) is 23.2 Å². The second-order valence-electron chi connectivity index (χ2n) is 4.28. The molecule has 0 aromatic heterocycles. The molecular weight excluding hydrogens is 287 g/mol. The lowest BCUT2D eigenvalue weighted by Gasteiger charge is -2.28. The van der Waals surface area contributed by atoms with Crippen LogP contribution in [0.25, 0.3) is 0 Å². The molecule has 1 atom stereocenters. The van der Waals surface area contributed by atoms with Crippen molar-refractivity contribution in [2.24, 2.45) is 0 Å². The molecule has 0 amide bonds. The van der Waals surface area contributed by atoms with E-state index in [-0.39, 0.29) is 12.3 Å². The molecule has 0 spiro atoms. The number of rotatable bonds is 3. The SMILES string of the molecule is N#CC1CN(CC(=O)c2ccc(Cl)c(Cl)c2)CCO1. The van der Waals surface area contributed by atoms with Crippen LogP contribution in [0.4, 0.5) is 0 Å². The highest BCUT2D eigenvalue weighted by molar-refractivity contribution is 6.42. The van der Waals surface area contributed by atoms with Crippen LogP contribution in [0.2, 0.25) is 10.0 Å². The van der Waals surface area contributed by atoms with Crippen LogP contribution in [0.1, 0.15) is 10.4 Å². The number of hydrogen-bond donors (Lipinski definition) is 0. The van der Waals surface area contributed by atoms with E-state index in [1.54, 1.807) is 18.2 Å². The lowest BCUT2D eigenvalue weighted by molar-refractivity contribution is 0.00241. The van der Waals surface area contributed by atoms with Crippen LogP contribution in [0.15, 0.2) is 18.2 Å². The predicted octanol–water partition coefficient (Wildman–Crippen LogP) is 2.40. The Morgan fingerprint density at radius 1 is 1.47 bits per heavy atom. The van der Waals surface area contributed by atoms with E-state index in [1.807, 2.05) is 11.0 Å². The summed E-state index contributed by atoms with van der Waals surface area (Å²) >= 11 is 11.7. The van der Waals surface area contributed by atoms with Gasteiger partial charge in [0.2, 0.25) is 0 Å². The number of ketones is 1. The normalized spacial score (nSPS) is 19.9. The first-order valence-corrected chi connectivity index (χ1v) is 6.57. The Morgan fingerprint density at radius 3 is 2.95 bits per heavy atom. The zero-order valence-corrected chi connectivity index (χ0v) is 11.6. The maximum Gasteiger partial charge on any atom is 0.176 e. The van der Waals surface area contributed by atoms with Crippen LogP contribution in [-0.2, 0) is 4.74 Å². The van der Waals surface area contributed by atoms with Gasteiger partial charge < -0.3 is 4.74 Å². The first kappa shape index (κ1) is 14.3. The van der Waals surface area contributed by atoms with Gasteiger partial charge in [-0.2, -0.15) is 5.26 Å². The van der Waals surface area contributed by atoms with Crippen molar-refractivity contribution < 1.29 is 9.53 Å². The van der Waals surface area contributed by atoms with E-state index in [2.05, 4.69) is 0 Å². The molecule has 4 nitrogen and oxygen atoms in total. The summed E-state index contributed by atoms with van der Waals surface area (Å²) in [6.45, 7) is 1.81. The molecular formula is C13H12Cl2N2O2. The predicted molar refractivity (Wildman–Crippen MR) is 72.6 cm³/mol. The van der Waals surface area contributed by atoms with Crippen molar-refractivity contribution in [1.29, 1.82) is 5.26 Å². The van der Waals surface area contributed by atoms with Crippen molar-refractivity contribution in [2.45, 2.75) is 6.10 Å². The number of halogens is 2. The summed E-state index contributed by atoms with van der Waals surface area (Å²) in [5.41, 5.74) is 0.523. The maximum absolute atomic E-state index is 12.1. The highest BCUT2D eigenvalue weighted by Crippen LogP contribution is 2.23. The minimum absolute atomic E-state index is 0.0443. The van der Waals surface area contributed by atoms with Gasteiger partial charge >= 0.3 is 0 Å². The van der Waals surface area contributed by atoms with E-state index in [0.29, 0.717) is 35.3 Å². The Labute approximate surface area is 121 Å². The first-order chi connectivity index (χ1) is 9.10. The molecule has 0 bridgehead atoms. The van der Waals surface area contributed by atoms with Gasteiger partial charge in [-0.15, -0.1) is 0 Å². The van der Waals surface area contributed by atoms with Gasteiger partial charge in [0.05, 0.1) is 29.3 Å². The number of hydrogen-bond acceptors (Lipinski definition) is 4. The molecule has 1 aromatic carbocycles. The third-order valence-electron chi connectivity index (χ3n) is 2.90. The fourth-order valence-electron chi connectivity index (χ4n) is 1.89. The molecule has 1 aromatic rings. The van der Waals surface area contributed by atoms with Gasteiger partial charge in [0.15, 0.2) is 11.9 Å². The number of nitrogens with zero attached hydrogens (tertiary/aromatic N) is 2. The fourth-order valence-corrected chi connectivity index (χ4v) is 2.19. The summed E-state index contributed by atoms with van der Waals surface area (Å²) in [6, 6.07) is 6.87. The summed E-state index contributed by atoms with van der Waals surface area (Å²) in [5, 5.41) is 9.60. The summed E-state index contributed by atoms with van der Waals surface area (Å²) < 4.78 is 5.23. The van der Waals surface area contributed by atoms with Gasteiger partial charge in [0, 0.05) is 18.7 Å².